The third kappa shape index (κ3) is 10.2. The van der Waals surface area contributed by atoms with Gasteiger partial charge in [0.2, 0.25) is 0 Å². The Labute approximate surface area is 302 Å². The van der Waals surface area contributed by atoms with Gasteiger partial charge in [0.1, 0.15) is 23.0 Å². The zero-order chi connectivity index (χ0) is 36.9. The maximum absolute atomic E-state index is 13.2. The normalized spacial score (nSPS) is 10.7. The van der Waals surface area contributed by atoms with E-state index in [1.54, 1.807) is 66.7 Å². The smallest absolute Gasteiger partial charge is 0.343 e. The van der Waals surface area contributed by atoms with E-state index in [-0.39, 0.29) is 0 Å². The Morgan fingerprint density at radius 1 is 0.558 bits per heavy atom. The summed E-state index contributed by atoms with van der Waals surface area (Å²) in [6, 6.07) is 26.3. The predicted octanol–water partition coefficient (Wildman–Crippen LogP) is 9.14. The molecule has 0 bridgehead atoms. The maximum Gasteiger partial charge on any atom is 0.343 e. The Morgan fingerprint density at radius 2 is 1.10 bits per heavy atom. The topological polar surface area (TPSA) is 114 Å². The van der Waals surface area contributed by atoms with Gasteiger partial charge in [0.25, 0.3) is 0 Å². The molecule has 0 N–H and O–H groups in total. The van der Waals surface area contributed by atoms with Crippen LogP contribution >= 0.6 is 0 Å². The number of hydrogen-bond acceptors (Lipinski definition) is 9. The molecule has 0 unspecified atom stereocenters. The molecule has 0 radical (unpaired) electrons. The van der Waals surface area contributed by atoms with Crippen LogP contribution in [0, 0.1) is 0 Å². The van der Waals surface area contributed by atoms with Gasteiger partial charge in [-0.05, 0) is 126 Å². The van der Waals surface area contributed by atoms with Crippen molar-refractivity contribution in [3.63, 3.8) is 0 Å². The lowest BCUT2D eigenvalue weighted by Crippen LogP contribution is -2.11. The summed E-state index contributed by atoms with van der Waals surface area (Å²) in [6.07, 6.45) is 7.22. The van der Waals surface area contributed by atoms with Crippen LogP contribution in [0.4, 0.5) is 0 Å². The number of unbranched alkanes of at least 4 members (excludes halogenated alkanes) is 3. The number of carbonyl (C=O) groups is 4. The van der Waals surface area contributed by atoms with Gasteiger partial charge in [-0.2, -0.15) is 0 Å². The highest BCUT2D eigenvalue weighted by Crippen LogP contribution is 2.29. The van der Waals surface area contributed by atoms with E-state index in [0.717, 1.165) is 77.1 Å². The van der Waals surface area contributed by atoms with Crippen molar-refractivity contribution in [1.82, 2.24) is 0 Å². The molecule has 0 saturated heterocycles. The van der Waals surface area contributed by atoms with Gasteiger partial charge >= 0.3 is 23.9 Å². The van der Waals surface area contributed by atoms with E-state index < -0.39 is 23.9 Å². The minimum atomic E-state index is -0.555. The lowest BCUT2D eigenvalue weighted by atomic mass is 10.1. The molecule has 5 aromatic rings. The van der Waals surface area contributed by atoms with Gasteiger partial charge in [0.05, 0.1) is 24.3 Å². The van der Waals surface area contributed by atoms with Crippen molar-refractivity contribution in [1.29, 1.82) is 0 Å². The van der Waals surface area contributed by atoms with E-state index >= 15 is 0 Å². The van der Waals surface area contributed by atoms with Crippen molar-refractivity contribution in [3.8, 4) is 23.0 Å². The second-order valence-electron chi connectivity index (χ2n) is 12.0. The Morgan fingerprint density at radius 3 is 1.75 bits per heavy atom. The number of ether oxygens (including phenoxy) is 5. The fourth-order valence-corrected chi connectivity index (χ4v) is 5.50. The Balaban J connectivity index is 1.17. The van der Waals surface area contributed by atoms with Crippen LogP contribution in [0.3, 0.4) is 0 Å². The van der Waals surface area contributed by atoms with Gasteiger partial charge in [-0.1, -0.05) is 50.8 Å². The summed E-state index contributed by atoms with van der Waals surface area (Å²) in [5, 5.41) is 3.36. The molecular weight excluding hydrogens is 660 g/mol. The molecule has 0 heterocycles. The molecule has 0 spiro atoms. The fourth-order valence-electron chi connectivity index (χ4n) is 5.50. The first-order valence-corrected chi connectivity index (χ1v) is 17.2. The van der Waals surface area contributed by atoms with Gasteiger partial charge in [-0.15, -0.1) is 0 Å². The molecule has 266 valence electrons. The van der Waals surface area contributed by atoms with Crippen molar-refractivity contribution >= 4 is 45.4 Å². The van der Waals surface area contributed by atoms with Crippen molar-refractivity contribution in [2.24, 2.45) is 0 Å². The third-order valence-electron chi connectivity index (χ3n) is 8.16. The monoisotopic (exact) mass is 700 g/mol. The molecule has 0 aliphatic rings. The molecule has 52 heavy (non-hydrogen) atoms. The maximum atomic E-state index is 13.2. The quantitative estimate of drug-likeness (QED) is 0.0405. The van der Waals surface area contributed by atoms with Gasteiger partial charge in [0.15, 0.2) is 0 Å². The lowest BCUT2D eigenvalue weighted by molar-refractivity contribution is -0.137. The second kappa shape index (κ2) is 18.1. The number of rotatable bonds is 17. The summed E-state index contributed by atoms with van der Waals surface area (Å²) in [5.41, 5.74) is 1.49. The highest BCUT2D eigenvalue weighted by Gasteiger charge is 2.16. The molecule has 0 saturated carbocycles. The molecule has 9 nitrogen and oxygen atoms in total. The highest BCUT2D eigenvalue weighted by molar-refractivity contribution is 5.98. The van der Waals surface area contributed by atoms with Crippen LogP contribution in [-0.2, 0) is 20.7 Å². The number of aryl methyl sites for hydroxylation is 1. The van der Waals surface area contributed by atoms with Crippen LogP contribution in [-0.4, -0.2) is 37.1 Å². The van der Waals surface area contributed by atoms with Crippen molar-refractivity contribution in [3.05, 3.63) is 133 Å². The van der Waals surface area contributed by atoms with Crippen molar-refractivity contribution in [2.75, 3.05) is 13.2 Å². The van der Waals surface area contributed by atoms with Crippen molar-refractivity contribution in [2.45, 2.75) is 45.4 Å². The molecule has 5 aromatic carbocycles. The molecule has 0 aliphatic heterocycles. The fraction of sp³-hybridized carbons (Fsp3) is 0.209. The van der Waals surface area contributed by atoms with Crippen LogP contribution in [0.25, 0.3) is 21.5 Å². The average Bonchev–Trinajstić information content (AvgIpc) is 3.16. The largest absolute Gasteiger partial charge is 0.494 e. The highest BCUT2D eigenvalue weighted by atomic mass is 16.5. The Kier molecular flexibility index (Phi) is 12.9. The molecule has 0 fully saturated rings. The standard InChI is InChI=1S/C43H40O9/c1-4-11-33-28-38(20-21-39(33)52-43(47)35-15-13-32-27-37(50-41(45)6-3)19-17-30(32)25-35)51-42(46)34-14-12-31-26-36(18-16-29(31)24-34)48-22-9-7-8-10-23-49-40(44)5-2/h5-6,12-21,24-28H,2-4,7-11,22-23H2,1H3. The van der Waals surface area contributed by atoms with E-state index in [9.17, 15) is 19.2 Å². The zero-order valence-electron chi connectivity index (χ0n) is 29.1. The molecule has 0 aliphatic carbocycles. The summed E-state index contributed by atoms with van der Waals surface area (Å²) in [7, 11) is 0. The number of fused-ring (bicyclic) bond motifs is 2. The second-order valence-corrected chi connectivity index (χ2v) is 12.0. The number of esters is 4. The SMILES string of the molecule is C=CC(=O)OCCCCCCOc1ccc2cc(C(=O)Oc3ccc(OC(=O)c4ccc5cc(OC(=O)C=C)ccc5c4)c(CCC)c3)ccc2c1. The summed E-state index contributed by atoms with van der Waals surface area (Å²) >= 11 is 0. The molecule has 5 rings (SSSR count). The predicted molar refractivity (Wildman–Crippen MR) is 199 cm³/mol. The van der Waals surface area contributed by atoms with Crippen LogP contribution < -0.4 is 18.9 Å². The first-order valence-electron chi connectivity index (χ1n) is 17.2. The van der Waals surface area contributed by atoms with Crippen LogP contribution in [0.1, 0.15) is 65.3 Å². The molecule has 0 aromatic heterocycles. The van der Waals surface area contributed by atoms with Crippen molar-refractivity contribution < 1.29 is 42.9 Å². The summed E-state index contributed by atoms with van der Waals surface area (Å²) < 4.78 is 27.6. The van der Waals surface area contributed by atoms with Gasteiger partial charge in [0, 0.05) is 12.2 Å². The molecule has 0 atom stereocenters. The number of hydrogen-bond donors (Lipinski definition) is 0. The van der Waals surface area contributed by atoms with Gasteiger partial charge in [-0.25, -0.2) is 19.2 Å². The lowest BCUT2D eigenvalue weighted by Gasteiger charge is -2.13. The summed E-state index contributed by atoms with van der Waals surface area (Å²) in [6.45, 7) is 9.76. The van der Waals surface area contributed by atoms with E-state index in [0.29, 0.717) is 48.0 Å². The van der Waals surface area contributed by atoms with E-state index in [1.807, 2.05) is 31.2 Å². The Bertz CT molecular complexity index is 2110. The first kappa shape index (κ1) is 37.0. The zero-order valence-corrected chi connectivity index (χ0v) is 29.1. The van der Waals surface area contributed by atoms with Gasteiger partial charge < -0.3 is 23.7 Å². The molecule has 0 amide bonds. The summed E-state index contributed by atoms with van der Waals surface area (Å²) in [5.74, 6) is -0.146. The van der Waals surface area contributed by atoms with Crippen LogP contribution in [0.5, 0.6) is 23.0 Å². The molecular formula is C43H40O9. The van der Waals surface area contributed by atoms with Gasteiger partial charge in [-0.3, -0.25) is 0 Å². The van der Waals surface area contributed by atoms with Crippen LogP contribution in [0.15, 0.2) is 116 Å². The minimum Gasteiger partial charge on any atom is -0.494 e. The van der Waals surface area contributed by atoms with E-state index in [1.165, 1.54) is 0 Å². The van der Waals surface area contributed by atoms with E-state index in [2.05, 4.69) is 13.2 Å². The third-order valence-corrected chi connectivity index (χ3v) is 8.16. The number of carbonyl (C=O) groups excluding carboxylic acids is 4. The summed E-state index contributed by atoms with van der Waals surface area (Å²) in [4.78, 5) is 48.9. The first-order chi connectivity index (χ1) is 25.3. The van der Waals surface area contributed by atoms with Crippen LogP contribution in [0.2, 0.25) is 0 Å². The average molecular weight is 701 g/mol. The molecule has 9 heteroatoms. The minimum absolute atomic E-state index is 0.341. The Hall–Kier alpha value is -6.22. The number of benzene rings is 5. The van der Waals surface area contributed by atoms with E-state index in [4.69, 9.17) is 23.7 Å².